The fraction of sp³-hybridized carbons (Fsp3) is 0.0588. The van der Waals surface area contributed by atoms with Gasteiger partial charge in [0.25, 0.3) is 0 Å². The highest BCUT2D eigenvalue weighted by atomic mass is 35.5. The first kappa shape index (κ1) is 14.1. The third-order valence-electron chi connectivity index (χ3n) is 3.37. The normalized spacial score (nSPS) is 10.8. The van der Waals surface area contributed by atoms with Gasteiger partial charge in [-0.2, -0.15) is 0 Å². The lowest BCUT2D eigenvalue weighted by Crippen LogP contribution is -2.06. The van der Waals surface area contributed by atoms with E-state index in [0.29, 0.717) is 21.2 Å². The van der Waals surface area contributed by atoms with Crippen LogP contribution >= 0.6 is 23.2 Å². The van der Waals surface area contributed by atoms with Gasteiger partial charge in [0.2, 0.25) is 0 Å². The van der Waals surface area contributed by atoms with Gasteiger partial charge >= 0.3 is 0 Å². The van der Waals surface area contributed by atoms with Crippen molar-refractivity contribution in [2.75, 3.05) is 0 Å². The van der Waals surface area contributed by atoms with E-state index < -0.39 is 0 Å². The van der Waals surface area contributed by atoms with Gasteiger partial charge in [0.1, 0.15) is 0 Å². The van der Waals surface area contributed by atoms with Crippen molar-refractivity contribution in [1.82, 2.24) is 4.98 Å². The summed E-state index contributed by atoms with van der Waals surface area (Å²) in [5.41, 5.74) is 1.24. The number of Topliss-reactive ketones (excluding diaryl/α,β-unsaturated/α-hetero) is 1. The Hall–Kier alpha value is -1.90. The fourth-order valence-electron chi connectivity index (χ4n) is 2.30. The van der Waals surface area contributed by atoms with E-state index in [2.05, 4.69) is 4.98 Å². The minimum atomic E-state index is -0.0469. The number of fused-ring (bicyclic) bond motifs is 1. The lowest BCUT2D eigenvalue weighted by molar-refractivity contribution is 0.0994. The van der Waals surface area contributed by atoms with Crippen LogP contribution in [0.1, 0.15) is 15.9 Å². The monoisotopic (exact) mass is 315 g/mol. The van der Waals surface area contributed by atoms with E-state index >= 15 is 0 Å². The number of hydrogen-bond donors (Lipinski definition) is 0. The molecular weight excluding hydrogens is 305 g/mol. The van der Waals surface area contributed by atoms with Gasteiger partial charge in [-0.15, -0.1) is 0 Å². The number of rotatable bonds is 3. The Balaban J connectivity index is 2.02. The molecule has 1 heterocycles. The Morgan fingerprint density at radius 3 is 2.43 bits per heavy atom. The molecule has 0 atom stereocenters. The van der Waals surface area contributed by atoms with Gasteiger partial charge in [-0.25, -0.2) is 0 Å². The summed E-state index contributed by atoms with van der Waals surface area (Å²) in [6.45, 7) is 0. The molecule has 104 valence electrons. The summed E-state index contributed by atoms with van der Waals surface area (Å²) in [6.07, 6.45) is 3.50. The van der Waals surface area contributed by atoms with Crippen molar-refractivity contribution in [3.8, 4) is 0 Å². The molecule has 0 saturated carbocycles. The quantitative estimate of drug-likeness (QED) is 0.639. The van der Waals surface area contributed by atoms with Crippen molar-refractivity contribution in [1.29, 1.82) is 0 Å². The van der Waals surface area contributed by atoms with Crippen LogP contribution in [-0.2, 0) is 6.42 Å². The Morgan fingerprint density at radius 2 is 1.67 bits per heavy atom. The summed E-state index contributed by atoms with van der Waals surface area (Å²) in [6, 6.07) is 12.9. The van der Waals surface area contributed by atoms with E-state index in [1.54, 1.807) is 30.6 Å². The molecule has 0 saturated heterocycles. The molecule has 0 N–H and O–H groups in total. The minimum absolute atomic E-state index is 0.0469. The Labute approximate surface area is 132 Å². The Bertz CT molecular complexity index is 804. The zero-order valence-corrected chi connectivity index (χ0v) is 12.5. The average Bonchev–Trinajstić information content (AvgIpc) is 2.50. The van der Waals surface area contributed by atoms with Crippen LogP contribution in [0.4, 0.5) is 0 Å². The standard InChI is InChI=1S/C17H11Cl2NO/c18-15-6-3-7-16(19)13(15)8-17(21)14-10-20-9-11-4-1-2-5-12(11)14/h1-7,9-10H,8H2. The number of benzene rings is 2. The summed E-state index contributed by atoms with van der Waals surface area (Å²) in [7, 11) is 0. The van der Waals surface area contributed by atoms with Crippen LogP contribution in [0.25, 0.3) is 10.8 Å². The second-order valence-corrected chi connectivity index (χ2v) is 5.52. The summed E-state index contributed by atoms with van der Waals surface area (Å²) in [5.74, 6) is -0.0469. The number of nitrogens with zero attached hydrogens (tertiary/aromatic N) is 1. The van der Waals surface area contributed by atoms with Gasteiger partial charge < -0.3 is 0 Å². The summed E-state index contributed by atoms with van der Waals surface area (Å²) in [4.78, 5) is 16.7. The third kappa shape index (κ3) is 2.78. The second-order valence-electron chi connectivity index (χ2n) is 4.71. The third-order valence-corrected chi connectivity index (χ3v) is 4.08. The van der Waals surface area contributed by atoms with Crippen LogP contribution < -0.4 is 0 Å². The highest BCUT2D eigenvalue weighted by Crippen LogP contribution is 2.27. The first-order chi connectivity index (χ1) is 10.2. The zero-order chi connectivity index (χ0) is 14.8. The first-order valence-corrected chi connectivity index (χ1v) is 7.21. The number of carbonyl (C=O) groups is 1. The van der Waals surface area contributed by atoms with Crippen molar-refractivity contribution in [3.05, 3.63) is 76.0 Å². The van der Waals surface area contributed by atoms with Gasteiger partial charge in [-0.3, -0.25) is 9.78 Å². The number of carbonyl (C=O) groups excluding carboxylic acids is 1. The number of ketones is 1. The largest absolute Gasteiger partial charge is 0.294 e. The predicted octanol–water partition coefficient (Wildman–Crippen LogP) is 4.97. The van der Waals surface area contributed by atoms with Crippen molar-refractivity contribution in [3.63, 3.8) is 0 Å². The average molecular weight is 316 g/mol. The smallest absolute Gasteiger partial charge is 0.169 e. The molecule has 0 bridgehead atoms. The predicted molar refractivity (Wildman–Crippen MR) is 86.2 cm³/mol. The van der Waals surface area contributed by atoms with Crippen molar-refractivity contribution < 1.29 is 4.79 Å². The van der Waals surface area contributed by atoms with Crippen LogP contribution in [-0.4, -0.2) is 10.8 Å². The molecule has 2 nitrogen and oxygen atoms in total. The Morgan fingerprint density at radius 1 is 0.952 bits per heavy atom. The van der Waals surface area contributed by atoms with Crippen LogP contribution in [0.15, 0.2) is 54.9 Å². The second kappa shape index (κ2) is 5.84. The molecular formula is C17H11Cl2NO. The van der Waals surface area contributed by atoms with E-state index in [-0.39, 0.29) is 12.2 Å². The van der Waals surface area contributed by atoms with Crippen LogP contribution in [0.2, 0.25) is 10.0 Å². The maximum atomic E-state index is 12.6. The molecule has 0 unspecified atom stereocenters. The highest BCUT2D eigenvalue weighted by molar-refractivity contribution is 6.36. The summed E-state index contributed by atoms with van der Waals surface area (Å²) < 4.78 is 0. The van der Waals surface area contributed by atoms with Crippen LogP contribution in [0.5, 0.6) is 0 Å². The maximum absolute atomic E-state index is 12.6. The van der Waals surface area contributed by atoms with E-state index in [0.717, 1.165) is 10.8 Å². The van der Waals surface area contributed by atoms with Gasteiger partial charge in [0.05, 0.1) is 0 Å². The minimum Gasteiger partial charge on any atom is -0.294 e. The molecule has 0 aliphatic rings. The Kier molecular flexibility index (Phi) is 3.91. The van der Waals surface area contributed by atoms with Gasteiger partial charge in [-0.05, 0) is 23.1 Å². The molecule has 0 aliphatic carbocycles. The molecule has 1 aromatic heterocycles. The van der Waals surface area contributed by atoms with Crippen molar-refractivity contribution in [2.45, 2.75) is 6.42 Å². The molecule has 0 aliphatic heterocycles. The lowest BCUT2D eigenvalue weighted by Gasteiger charge is -2.08. The molecule has 0 radical (unpaired) electrons. The molecule has 4 heteroatoms. The fourth-order valence-corrected chi connectivity index (χ4v) is 2.83. The van der Waals surface area contributed by atoms with Crippen LogP contribution in [0, 0.1) is 0 Å². The SMILES string of the molecule is O=C(Cc1c(Cl)cccc1Cl)c1cncc2ccccc12. The molecule has 0 amide bonds. The van der Waals surface area contributed by atoms with Gasteiger partial charge in [0.15, 0.2) is 5.78 Å². The van der Waals surface area contributed by atoms with Gasteiger partial charge in [0, 0.05) is 39.8 Å². The first-order valence-electron chi connectivity index (χ1n) is 6.45. The van der Waals surface area contributed by atoms with E-state index in [1.165, 1.54) is 0 Å². The number of hydrogen-bond acceptors (Lipinski definition) is 2. The van der Waals surface area contributed by atoms with Crippen LogP contribution in [0.3, 0.4) is 0 Å². The summed E-state index contributed by atoms with van der Waals surface area (Å²) in [5, 5.41) is 2.84. The lowest BCUT2D eigenvalue weighted by atomic mass is 9.99. The summed E-state index contributed by atoms with van der Waals surface area (Å²) >= 11 is 12.3. The number of pyridine rings is 1. The van der Waals surface area contributed by atoms with Gasteiger partial charge in [-0.1, -0.05) is 53.5 Å². The molecule has 0 spiro atoms. The molecule has 3 aromatic rings. The molecule has 3 rings (SSSR count). The van der Waals surface area contributed by atoms with E-state index in [9.17, 15) is 4.79 Å². The molecule has 21 heavy (non-hydrogen) atoms. The molecule has 2 aromatic carbocycles. The zero-order valence-electron chi connectivity index (χ0n) is 11.0. The number of aromatic nitrogens is 1. The topological polar surface area (TPSA) is 30.0 Å². The van der Waals surface area contributed by atoms with E-state index in [1.807, 2.05) is 24.3 Å². The highest BCUT2D eigenvalue weighted by Gasteiger charge is 2.15. The van der Waals surface area contributed by atoms with Crippen molar-refractivity contribution in [2.24, 2.45) is 0 Å². The molecule has 0 fully saturated rings. The maximum Gasteiger partial charge on any atom is 0.169 e. The van der Waals surface area contributed by atoms with Crippen molar-refractivity contribution >= 4 is 39.8 Å². The van der Waals surface area contributed by atoms with E-state index in [4.69, 9.17) is 23.2 Å². The number of halogens is 2.